The van der Waals surface area contributed by atoms with Crippen LogP contribution in [-0.4, -0.2) is 0 Å². The average molecular weight is 180 g/mol. The van der Waals surface area contributed by atoms with Crippen molar-refractivity contribution in [3.63, 3.8) is 0 Å². The van der Waals surface area contributed by atoms with Crippen molar-refractivity contribution in [1.29, 1.82) is 0 Å². The normalized spacial score (nSPS) is 40.7. The van der Waals surface area contributed by atoms with Crippen LogP contribution in [0.1, 0.15) is 47.0 Å². The molecule has 3 atom stereocenters. The number of hydrogen-bond acceptors (Lipinski definition) is 0. The lowest BCUT2D eigenvalue weighted by atomic mass is 9.63. The summed E-state index contributed by atoms with van der Waals surface area (Å²) in [4.78, 5) is 0. The quantitative estimate of drug-likeness (QED) is 0.557. The van der Waals surface area contributed by atoms with Gasteiger partial charge in [0.15, 0.2) is 0 Å². The van der Waals surface area contributed by atoms with Gasteiger partial charge < -0.3 is 0 Å². The van der Waals surface area contributed by atoms with E-state index >= 15 is 0 Å². The molecular weight excluding hydrogens is 156 g/mol. The summed E-state index contributed by atoms with van der Waals surface area (Å²) in [7, 11) is 0. The van der Waals surface area contributed by atoms with E-state index < -0.39 is 0 Å². The van der Waals surface area contributed by atoms with Crippen molar-refractivity contribution in [2.45, 2.75) is 47.0 Å². The number of allylic oxidation sites excluding steroid dienone is 1. The van der Waals surface area contributed by atoms with Gasteiger partial charge in [-0.05, 0) is 42.4 Å². The molecule has 1 saturated carbocycles. The first-order valence-corrected chi connectivity index (χ1v) is 5.63. The van der Waals surface area contributed by atoms with Gasteiger partial charge in [-0.3, -0.25) is 0 Å². The molecular formula is C13H24. The Morgan fingerprint density at radius 2 is 2.08 bits per heavy atom. The van der Waals surface area contributed by atoms with Crippen molar-refractivity contribution in [2.75, 3.05) is 0 Å². The van der Waals surface area contributed by atoms with E-state index in [1.54, 1.807) is 0 Å². The summed E-state index contributed by atoms with van der Waals surface area (Å²) < 4.78 is 0. The van der Waals surface area contributed by atoms with Gasteiger partial charge in [0.1, 0.15) is 0 Å². The lowest BCUT2D eigenvalue weighted by Gasteiger charge is -2.42. The van der Waals surface area contributed by atoms with Gasteiger partial charge in [0, 0.05) is 0 Å². The molecule has 1 aliphatic carbocycles. The number of rotatable bonds is 2. The second-order valence-corrected chi connectivity index (χ2v) is 5.39. The summed E-state index contributed by atoms with van der Waals surface area (Å²) in [5.41, 5.74) is 0.408. The minimum absolute atomic E-state index is 0.408. The van der Waals surface area contributed by atoms with Gasteiger partial charge in [-0.15, -0.1) is 6.58 Å². The van der Waals surface area contributed by atoms with Crippen molar-refractivity contribution in [2.24, 2.45) is 23.2 Å². The fourth-order valence-corrected chi connectivity index (χ4v) is 2.49. The predicted molar refractivity (Wildman–Crippen MR) is 59.6 cm³/mol. The third kappa shape index (κ3) is 2.15. The van der Waals surface area contributed by atoms with E-state index in [0.29, 0.717) is 5.41 Å². The fourth-order valence-electron chi connectivity index (χ4n) is 2.49. The van der Waals surface area contributed by atoms with E-state index in [0.717, 1.165) is 17.8 Å². The highest BCUT2D eigenvalue weighted by Crippen LogP contribution is 2.45. The molecule has 0 radical (unpaired) electrons. The second kappa shape index (κ2) is 3.86. The predicted octanol–water partition coefficient (Wildman–Crippen LogP) is 4.27. The minimum atomic E-state index is 0.408. The Balaban J connectivity index is 2.61. The van der Waals surface area contributed by atoms with Crippen LogP contribution in [0.4, 0.5) is 0 Å². The van der Waals surface area contributed by atoms with E-state index in [2.05, 4.69) is 40.3 Å². The molecule has 0 nitrogen and oxygen atoms in total. The lowest BCUT2D eigenvalue weighted by Crippen LogP contribution is -2.32. The largest absolute Gasteiger partial charge is 0.103 e. The molecule has 0 N–H and O–H groups in total. The maximum Gasteiger partial charge on any atom is -0.0123 e. The van der Waals surface area contributed by atoms with Crippen LogP contribution in [0.3, 0.4) is 0 Å². The highest BCUT2D eigenvalue weighted by atomic mass is 14.4. The van der Waals surface area contributed by atoms with Gasteiger partial charge in [0.25, 0.3) is 0 Å². The molecule has 0 spiro atoms. The topological polar surface area (TPSA) is 0 Å². The summed E-state index contributed by atoms with van der Waals surface area (Å²) in [5.74, 6) is 2.62. The van der Waals surface area contributed by atoms with Crippen molar-refractivity contribution >= 4 is 0 Å². The zero-order chi connectivity index (χ0) is 10.1. The summed E-state index contributed by atoms with van der Waals surface area (Å²) in [6.07, 6.45) is 6.29. The van der Waals surface area contributed by atoms with Crippen LogP contribution in [-0.2, 0) is 0 Å². The Kier molecular flexibility index (Phi) is 3.21. The van der Waals surface area contributed by atoms with Gasteiger partial charge >= 0.3 is 0 Å². The standard InChI is InChI=1S/C13H24/c1-6-13(5)8-7-12(10(2)3)9-11(13)4/h6,10-12H,1,7-9H2,2-5H3/t11-,12?,13?/m1/s1. The van der Waals surface area contributed by atoms with E-state index in [1.165, 1.54) is 19.3 Å². The van der Waals surface area contributed by atoms with E-state index in [4.69, 9.17) is 0 Å². The van der Waals surface area contributed by atoms with Crippen molar-refractivity contribution in [3.8, 4) is 0 Å². The van der Waals surface area contributed by atoms with Crippen molar-refractivity contribution in [1.82, 2.24) is 0 Å². The number of hydrogen-bond donors (Lipinski definition) is 0. The summed E-state index contributed by atoms with van der Waals surface area (Å²) in [5, 5.41) is 0. The van der Waals surface area contributed by atoms with E-state index in [1.807, 2.05) is 0 Å². The molecule has 0 bridgehead atoms. The highest BCUT2D eigenvalue weighted by molar-refractivity contribution is 4.98. The molecule has 13 heavy (non-hydrogen) atoms. The molecule has 1 rings (SSSR count). The van der Waals surface area contributed by atoms with Gasteiger partial charge in [0.2, 0.25) is 0 Å². The van der Waals surface area contributed by atoms with Crippen LogP contribution in [0.2, 0.25) is 0 Å². The molecule has 0 saturated heterocycles. The monoisotopic (exact) mass is 180 g/mol. The molecule has 0 aromatic rings. The van der Waals surface area contributed by atoms with Crippen LogP contribution in [0, 0.1) is 23.2 Å². The highest BCUT2D eigenvalue weighted by Gasteiger charge is 2.35. The van der Waals surface area contributed by atoms with Gasteiger partial charge in [0.05, 0.1) is 0 Å². The van der Waals surface area contributed by atoms with Crippen molar-refractivity contribution in [3.05, 3.63) is 12.7 Å². The SMILES string of the molecule is C=CC1(C)CCC(C(C)C)C[C@H]1C. The first-order valence-electron chi connectivity index (χ1n) is 5.63. The molecule has 0 amide bonds. The van der Waals surface area contributed by atoms with Crippen molar-refractivity contribution < 1.29 is 0 Å². The average Bonchev–Trinajstić information content (AvgIpc) is 2.09. The van der Waals surface area contributed by atoms with E-state index in [-0.39, 0.29) is 0 Å². The summed E-state index contributed by atoms with van der Waals surface area (Å²) >= 11 is 0. The van der Waals surface area contributed by atoms with Crippen LogP contribution >= 0.6 is 0 Å². The maximum absolute atomic E-state index is 3.98. The van der Waals surface area contributed by atoms with Gasteiger partial charge in [-0.2, -0.15) is 0 Å². The Morgan fingerprint density at radius 3 is 2.46 bits per heavy atom. The third-order valence-corrected chi connectivity index (χ3v) is 4.25. The smallest absolute Gasteiger partial charge is 0.0123 e. The first kappa shape index (κ1) is 10.8. The zero-order valence-electron chi connectivity index (χ0n) is 9.64. The summed E-state index contributed by atoms with van der Waals surface area (Å²) in [6, 6.07) is 0. The second-order valence-electron chi connectivity index (χ2n) is 5.39. The van der Waals surface area contributed by atoms with Crippen LogP contribution in [0.15, 0.2) is 12.7 Å². The molecule has 0 aromatic heterocycles. The third-order valence-electron chi connectivity index (χ3n) is 4.25. The van der Waals surface area contributed by atoms with Gasteiger partial charge in [-0.25, -0.2) is 0 Å². The van der Waals surface area contributed by atoms with E-state index in [9.17, 15) is 0 Å². The molecule has 76 valence electrons. The maximum atomic E-state index is 3.98. The molecule has 1 fully saturated rings. The van der Waals surface area contributed by atoms with Gasteiger partial charge in [-0.1, -0.05) is 33.8 Å². The Morgan fingerprint density at radius 1 is 1.46 bits per heavy atom. The minimum Gasteiger partial charge on any atom is -0.103 e. The Labute approximate surface area is 83.4 Å². The Hall–Kier alpha value is -0.260. The van der Waals surface area contributed by atoms with Crippen LogP contribution in [0.5, 0.6) is 0 Å². The Bertz CT molecular complexity index is 180. The molecule has 0 heterocycles. The first-order chi connectivity index (χ1) is 5.99. The lowest BCUT2D eigenvalue weighted by molar-refractivity contribution is 0.116. The summed E-state index contributed by atoms with van der Waals surface area (Å²) in [6.45, 7) is 13.4. The van der Waals surface area contributed by atoms with Crippen LogP contribution in [0.25, 0.3) is 0 Å². The van der Waals surface area contributed by atoms with Crippen LogP contribution < -0.4 is 0 Å². The molecule has 2 unspecified atom stereocenters. The molecule has 0 aliphatic heterocycles. The fraction of sp³-hybridized carbons (Fsp3) is 0.846. The molecule has 1 aliphatic rings. The molecule has 0 aromatic carbocycles. The molecule has 0 heteroatoms. The zero-order valence-corrected chi connectivity index (χ0v) is 9.64.